The van der Waals surface area contributed by atoms with Crippen molar-refractivity contribution < 1.29 is 14.4 Å². The molecule has 4 rings (SSSR count). The second-order valence-corrected chi connectivity index (χ2v) is 7.80. The van der Waals surface area contributed by atoms with Crippen LogP contribution in [0.5, 0.6) is 0 Å². The highest BCUT2D eigenvalue weighted by atomic mass is 16.2. The highest BCUT2D eigenvalue weighted by Crippen LogP contribution is 2.33. The third-order valence-electron chi connectivity index (χ3n) is 6.17. The Balaban J connectivity index is 1.56. The van der Waals surface area contributed by atoms with Crippen LogP contribution in [0, 0.1) is 13.8 Å². The SMILES string of the molecule is CCn1c(C)cc(C(=O)CN2C(=O)NC3(CCc4ccccc4C3)C2=O)c1C. The summed E-state index contributed by atoms with van der Waals surface area (Å²) in [5.41, 5.74) is 3.83. The van der Waals surface area contributed by atoms with E-state index in [2.05, 4.69) is 16.0 Å². The molecule has 3 amide bonds. The molecule has 1 unspecified atom stereocenters. The van der Waals surface area contributed by atoms with Gasteiger partial charge in [0.2, 0.25) is 0 Å². The van der Waals surface area contributed by atoms with Gasteiger partial charge in [0.1, 0.15) is 5.54 Å². The Bertz CT molecular complexity index is 991. The number of amides is 3. The molecule has 146 valence electrons. The zero-order chi connectivity index (χ0) is 20.1. The topological polar surface area (TPSA) is 71.4 Å². The monoisotopic (exact) mass is 379 g/mol. The molecule has 6 nitrogen and oxygen atoms in total. The number of Topliss-reactive ketones (excluding diaryl/α,β-unsaturated/α-hetero) is 1. The predicted octanol–water partition coefficient (Wildman–Crippen LogP) is 2.79. The Labute approximate surface area is 164 Å². The molecule has 1 aromatic carbocycles. The van der Waals surface area contributed by atoms with E-state index in [-0.39, 0.29) is 18.2 Å². The van der Waals surface area contributed by atoms with Crippen LogP contribution in [-0.4, -0.2) is 39.3 Å². The van der Waals surface area contributed by atoms with E-state index in [1.54, 1.807) is 0 Å². The van der Waals surface area contributed by atoms with Crippen LogP contribution in [-0.2, 0) is 24.2 Å². The summed E-state index contributed by atoms with van der Waals surface area (Å²) < 4.78 is 2.05. The fraction of sp³-hybridized carbons (Fsp3) is 0.409. The Morgan fingerprint density at radius 2 is 1.89 bits per heavy atom. The van der Waals surface area contributed by atoms with Gasteiger partial charge in [-0.1, -0.05) is 24.3 Å². The number of rotatable bonds is 4. The predicted molar refractivity (Wildman–Crippen MR) is 105 cm³/mol. The smallest absolute Gasteiger partial charge is 0.325 e. The van der Waals surface area contributed by atoms with Crippen LogP contribution in [0.25, 0.3) is 0 Å². The first-order valence-corrected chi connectivity index (χ1v) is 9.77. The number of hydrogen-bond acceptors (Lipinski definition) is 3. The summed E-state index contributed by atoms with van der Waals surface area (Å²) >= 11 is 0. The van der Waals surface area contributed by atoms with Crippen LogP contribution in [0.1, 0.15) is 46.2 Å². The lowest BCUT2D eigenvalue weighted by atomic mass is 9.78. The number of carbonyl (C=O) groups excluding carboxylic acids is 3. The lowest BCUT2D eigenvalue weighted by molar-refractivity contribution is -0.131. The molecule has 28 heavy (non-hydrogen) atoms. The molecule has 0 saturated carbocycles. The molecule has 1 N–H and O–H groups in total. The van der Waals surface area contributed by atoms with E-state index in [0.29, 0.717) is 18.4 Å². The Morgan fingerprint density at radius 1 is 1.18 bits per heavy atom. The first-order chi connectivity index (χ1) is 13.4. The van der Waals surface area contributed by atoms with E-state index in [1.165, 1.54) is 5.56 Å². The quantitative estimate of drug-likeness (QED) is 0.656. The molecule has 1 aliphatic heterocycles. The lowest BCUT2D eigenvalue weighted by Crippen LogP contribution is -2.51. The lowest BCUT2D eigenvalue weighted by Gasteiger charge is -2.32. The van der Waals surface area contributed by atoms with Crippen LogP contribution in [0.4, 0.5) is 4.79 Å². The summed E-state index contributed by atoms with van der Waals surface area (Å²) in [5, 5.41) is 2.89. The van der Waals surface area contributed by atoms with Gasteiger partial charge in [0.05, 0.1) is 6.54 Å². The molecule has 1 saturated heterocycles. The Hall–Kier alpha value is -2.89. The minimum absolute atomic E-state index is 0.204. The van der Waals surface area contributed by atoms with E-state index in [9.17, 15) is 14.4 Å². The normalized spacial score (nSPS) is 21.2. The first kappa shape index (κ1) is 18.5. The molecule has 2 aromatic rings. The summed E-state index contributed by atoms with van der Waals surface area (Å²) in [5.74, 6) is -0.491. The number of urea groups is 1. The van der Waals surface area contributed by atoms with Crippen molar-refractivity contribution in [3.63, 3.8) is 0 Å². The third kappa shape index (κ3) is 2.75. The maximum atomic E-state index is 13.2. The minimum atomic E-state index is -0.925. The largest absolute Gasteiger partial charge is 0.349 e. The molecule has 0 bridgehead atoms. The second-order valence-electron chi connectivity index (χ2n) is 7.80. The second kappa shape index (κ2) is 6.62. The molecule has 2 heterocycles. The molecule has 6 heteroatoms. The van der Waals surface area contributed by atoms with E-state index in [1.807, 2.05) is 45.0 Å². The van der Waals surface area contributed by atoms with Crippen molar-refractivity contribution in [3.8, 4) is 0 Å². The molecular weight excluding hydrogens is 354 g/mol. The molecule has 1 aliphatic carbocycles. The van der Waals surface area contributed by atoms with Crippen LogP contribution in [0.2, 0.25) is 0 Å². The number of nitrogens with zero attached hydrogens (tertiary/aromatic N) is 2. The molecule has 1 aromatic heterocycles. The standard InChI is InChI=1S/C22H25N3O3/c1-4-24-14(2)11-18(15(24)3)19(26)13-25-20(27)22(23-21(25)28)10-9-16-7-5-6-8-17(16)12-22/h5-8,11H,4,9-10,12-13H2,1-3H3,(H,23,28). The van der Waals surface area contributed by atoms with Gasteiger partial charge in [-0.15, -0.1) is 0 Å². The fourth-order valence-corrected chi connectivity index (χ4v) is 4.64. The molecule has 1 fully saturated rings. The maximum absolute atomic E-state index is 13.2. The average Bonchev–Trinajstić information content (AvgIpc) is 3.09. The Morgan fingerprint density at radius 3 is 2.57 bits per heavy atom. The number of fused-ring (bicyclic) bond motifs is 1. The van der Waals surface area contributed by atoms with Crippen molar-refractivity contribution in [2.24, 2.45) is 0 Å². The van der Waals surface area contributed by atoms with Gasteiger partial charge in [-0.25, -0.2) is 4.79 Å². The number of ketones is 1. The number of aromatic nitrogens is 1. The van der Waals surface area contributed by atoms with Crippen molar-refractivity contribution in [1.82, 2.24) is 14.8 Å². The van der Waals surface area contributed by atoms with Gasteiger partial charge < -0.3 is 9.88 Å². The van der Waals surface area contributed by atoms with Gasteiger partial charge in [-0.3, -0.25) is 14.5 Å². The van der Waals surface area contributed by atoms with E-state index < -0.39 is 11.6 Å². The first-order valence-electron chi connectivity index (χ1n) is 9.77. The number of aryl methyl sites for hydroxylation is 2. The van der Waals surface area contributed by atoms with Crippen molar-refractivity contribution in [3.05, 3.63) is 58.4 Å². The number of hydrogen-bond donors (Lipinski definition) is 1. The van der Waals surface area contributed by atoms with Crippen molar-refractivity contribution in [1.29, 1.82) is 0 Å². The Kier molecular flexibility index (Phi) is 4.37. The molecular formula is C22H25N3O3. The van der Waals surface area contributed by atoms with Gasteiger partial charge in [-0.05, 0) is 50.8 Å². The molecule has 1 spiro atoms. The fourth-order valence-electron chi connectivity index (χ4n) is 4.64. The summed E-state index contributed by atoms with van der Waals surface area (Å²) in [6.07, 6.45) is 1.77. The maximum Gasteiger partial charge on any atom is 0.325 e. The van der Waals surface area contributed by atoms with Gasteiger partial charge in [0.15, 0.2) is 5.78 Å². The van der Waals surface area contributed by atoms with Gasteiger partial charge >= 0.3 is 6.03 Å². The molecule has 1 atom stereocenters. The van der Waals surface area contributed by atoms with E-state index >= 15 is 0 Å². The van der Waals surface area contributed by atoms with E-state index in [0.717, 1.165) is 34.8 Å². The van der Waals surface area contributed by atoms with Crippen LogP contribution in [0.15, 0.2) is 30.3 Å². The molecule has 2 aliphatic rings. The van der Waals surface area contributed by atoms with E-state index in [4.69, 9.17) is 0 Å². The van der Waals surface area contributed by atoms with Crippen molar-refractivity contribution >= 4 is 17.7 Å². The third-order valence-corrected chi connectivity index (χ3v) is 6.17. The zero-order valence-corrected chi connectivity index (χ0v) is 16.5. The van der Waals surface area contributed by atoms with Gasteiger partial charge in [-0.2, -0.15) is 0 Å². The average molecular weight is 379 g/mol. The van der Waals surface area contributed by atoms with Crippen LogP contribution in [0.3, 0.4) is 0 Å². The minimum Gasteiger partial charge on any atom is -0.349 e. The summed E-state index contributed by atoms with van der Waals surface area (Å²) in [6.45, 7) is 6.43. The van der Waals surface area contributed by atoms with Crippen LogP contribution < -0.4 is 5.32 Å². The molecule has 0 radical (unpaired) electrons. The summed E-state index contributed by atoms with van der Waals surface area (Å²) in [4.78, 5) is 39.7. The zero-order valence-electron chi connectivity index (χ0n) is 16.5. The van der Waals surface area contributed by atoms with Gasteiger partial charge in [0.25, 0.3) is 5.91 Å². The number of imide groups is 1. The van der Waals surface area contributed by atoms with Crippen LogP contribution >= 0.6 is 0 Å². The number of benzene rings is 1. The number of nitrogens with one attached hydrogen (secondary N) is 1. The van der Waals surface area contributed by atoms with Gasteiger partial charge in [0, 0.05) is 29.9 Å². The van der Waals surface area contributed by atoms with Crippen molar-refractivity contribution in [2.45, 2.75) is 52.1 Å². The summed E-state index contributed by atoms with van der Waals surface area (Å²) in [7, 11) is 0. The highest BCUT2D eigenvalue weighted by molar-refractivity contribution is 6.11. The highest BCUT2D eigenvalue weighted by Gasteiger charge is 2.52. The summed E-state index contributed by atoms with van der Waals surface area (Å²) in [6, 6.07) is 9.37. The van der Waals surface area contributed by atoms with Crippen molar-refractivity contribution in [2.75, 3.05) is 6.54 Å². The number of carbonyl (C=O) groups is 3.